The summed E-state index contributed by atoms with van der Waals surface area (Å²) in [4.78, 5) is 14.0. The number of carbonyl (C=O) groups is 1. The van der Waals surface area contributed by atoms with Crippen molar-refractivity contribution in [1.82, 2.24) is 4.90 Å². The van der Waals surface area contributed by atoms with Crippen LogP contribution in [0.4, 0.5) is 10.1 Å². The number of amides is 1. The molecule has 3 nitrogen and oxygen atoms in total. The molecular weight excluding hydrogens is 327 g/mol. The molecule has 0 spiro atoms. The van der Waals surface area contributed by atoms with E-state index in [1.807, 2.05) is 24.3 Å². The first-order chi connectivity index (χ1) is 11.4. The quantitative estimate of drug-likeness (QED) is 0.833. The lowest BCUT2D eigenvalue weighted by Gasteiger charge is -2.23. The number of likely N-dealkylation sites (N-methyl/N-ethyl adjacent to an activating group) is 1. The van der Waals surface area contributed by atoms with E-state index in [0.717, 1.165) is 12.1 Å². The molecule has 24 heavy (non-hydrogen) atoms. The zero-order valence-electron chi connectivity index (χ0n) is 14.1. The van der Waals surface area contributed by atoms with Gasteiger partial charge in [0.2, 0.25) is 5.91 Å². The second kappa shape index (κ2) is 8.15. The van der Waals surface area contributed by atoms with Gasteiger partial charge < -0.3 is 10.2 Å². The van der Waals surface area contributed by atoms with E-state index >= 15 is 0 Å². The van der Waals surface area contributed by atoms with Gasteiger partial charge in [-0.3, -0.25) is 4.79 Å². The third kappa shape index (κ3) is 4.48. The van der Waals surface area contributed by atoms with Crippen LogP contribution in [0.2, 0.25) is 5.02 Å². The van der Waals surface area contributed by atoms with E-state index in [2.05, 4.69) is 12.2 Å². The molecule has 0 aliphatic carbocycles. The molecule has 0 radical (unpaired) electrons. The number of aryl methyl sites for hydroxylation is 1. The maximum absolute atomic E-state index is 13.9. The predicted octanol–water partition coefficient (Wildman–Crippen LogP) is 4.50. The Morgan fingerprint density at radius 3 is 2.67 bits per heavy atom. The van der Waals surface area contributed by atoms with Crippen molar-refractivity contribution in [2.75, 3.05) is 12.4 Å². The highest BCUT2D eigenvalue weighted by molar-refractivity contribution is 6.31. The van der Waals surface area contributed by atoms with Gasteiger partial charge in [0, 0.05) is 29.9 Å². The van der Waals surface area contributed by atoms with Gasteiger partial charge in [0.15, 0.2) is 0 Å². The van der Waals surface area contributed by atoms with Crippen molar-refractivity contribution in [3.8, 4) is 0 Å². The summed E-state index contributed by atoms with van der Waals surface area (Å²) >= 11 is 6.03. The van der Waals surface area contributed by atoms with E-state index in [1.54, 1.807) is 26.1 Å². The zero-order valence-corrected chi connectivity index (χ0v) is 14.9. The average Bonchev–Trinajstić information content (AvgIpc) is 2.57. The van der Waals surface area contributed by atoms with Crippen LogP contribution in [0.5, 0.6) is 0 Å². The van der Waals surface area contributed by atoms with Gasteiger partial charge in [-0.25, -0.2) is 4.39 Å². The van der Waals surface area contributed by atoms with Crippen LogP contribution in [-0.2, 0) is 17.8 Å². The molecule has 0 saturated carbocycles. The molecule has 2 rings (SSSR count). The van der Waals surface area contributed by atoms with E-state index in [9.17, 15) is 9.18 Å². The third-order valence-electron chi connectivity index (χ3n) is 3.92. The number of hydrogen-bond acceptors (Lipinski definition) is 2. The van der Waals surface area contributed by atoms with Crippen LogP contribution in [0.1, 0.15) is 25.0 Å². The average molecular weight is 349 g/mol. The maximum Gasteiger partial charge on any atom is 0.244 e. The summed E-state index contributed by atoms with van der Waals surface area (Å²) in [6.45, 7) is 4.01. The van der Waals surface area contributed by atoms with E-state index in [0.29, 0.717) is 10.6 Å². The minimum absolute atomic E-state index is 0.128. The van der Waals surface area contributed by atoms with Crippen molar-refractivity contribution in [3.05, 3.63) is 64.4 Å². The van der Waals surface area contributed by atoms with Gasteiger partial charge >= 0.3 is 0 Å². The smallest absolute Gasteiger partial charge is 0.244 e. The first kappa shape index (κ1) is 18.3. The fourth-order valence-electron chi connectivity index (χ4n) is 2.52. The van der Waals surface area contributed by atoms with Crippen LogP contribution >= 0.6 is 11.6 Å². The Balaban J connectivity index is 2.04. The number of rotatable bonds is 6. The first-order valence-corrected chi connectivity index (χ1v) is 8.33. The highest BCUT2D eigenvalue weighted by Crippen LogP contribution is 2.21. The monoisotopic (exact) mass is 348 g/mol. The number of benzene rings is 2. The highest BCUT2D eigenvalue weighted by atomic mass is 35.5. The summed E-state index contributed by atoms with van der Waals surface area (Å²) < 4.78 is 13.9. The van der Waals surface area contributed by atoms with Crippen LogP contribution in [0, 0.1) is 5.82 Å². The lowest BCUT2D eigenvalue weighted by Crippen LogP contribution is -2.38. The summed E-state index contributed by atoms with van der Waals surface area (Å²) in [5, 5.41) is 3.52. The van der Waals surface area contributed by atoms with Gasteiger partial charge in [-0.05, 0) is 43.2 Å². The molecule has 0 heterocycles. The van der Waals surface area contributed by atoms with Crippen LogP contribution in [0.15, 0.2) is 42.5 Å². The Morgan fingerprint density at radius 1 is 1.29 bits per heavy atom. The fourth-order valence-corrected chi connectivity index (χ4v) is 2.74. The number of carbonyl (C=O) groups excluding carboxylic acids is 1. The van der Waals surface area contributed by atoms with Gasteiger partial charge in [-0.15, -0.1) is 0 Å². The van der Waals surface area contributed by atoms with Crippen molar-refractivity contribution in [3.63, 3.8) is 0 Å². The molecule has 1 unspecified atom stereocenters. The molecule has 0 aliphatic rings. The predicted molar refractivity (Wildman–Crippen MR) is 96.8 cm³/mol. The Morgan fingerprint density at radius 2 is 2.00 bits per heavy atom. The van der Waals surface area contributed by atoms with Crippen molar-refractivity contribution in [1.29, 1.82) is 0 Å². The molecule has 1 amide bonds. The van der Waals surface area contributed by atoms with Crippen molar-refractivity contribution in [2.45, 2.75) is 32.9 Å². The van der Waals surface area contributed by atoms with Crippen LogP contribution < -0.4 is 5.32 Å². The van der Waals surface area contributed by atoms with E-state index in [1.165, 1.54) is 16.5 Å². The second-order valence-electron chi connectivity index (χ2n) is 5.81. The third-order valence-corrected chi connectivity index (χ3v) is 4.28. The lowest BCUT2D eigenvalue weighted by atomic mass is 10.1. The van der Waals surface area contributed by atoms with E-state index < -0.39 is 11.9 Å². The standard InChI is InChI=1S/C19H22ClFN2O/c1-4-14-7-5-8-15(11-14)22-13(2)19(24)23(3)12-16-17(20)9-6-10-18(16)21/h5-11,13,22H,4,12H2,1-3H3. The Labute approximate surface area is 147 Å². The van der Waals surface area contributed by atoms with Gasteiger partial charge in [-0.1, -0.05) is 36.7 Å². The summed E-state index contributed by atoms with van der Waals surface area (Å²) in [5.74, 6) is -0.533. The molecule has 128 valence electrons. The van der Waals surface area contributed by atoms with Crippen LogP contribution in [-0.4, -0.2) is 23.9 Å². The summed E-state index contributed by atoms with van der Waals surface area (Å²) in [6.07, 6.45) is 0.934. The van der Waals surface area contributed by atoms with Gasteiger partial charge in [0.25, 0.3) is 0 Å². The van der Waals surface area contributed by atoms with E-state index in [-0.39, 0.29) is 12.5 Å². The minimum Gasteiger partial charge on any atom is -0.374 e. The SMILES string of the molecule is CCc1cccc(NC(C)C(=O)N(C)Cc2c(F)cccc2Cl)c1. The molecular formula is C19H22ClFN2O. The van der Waals surface area contributed by atoms with Gasteiger partial charge in [0.1, 0.15) is 11.9 Å². The topological polar surface area (TPSA) is 32.3 Å². The molecule has 1 N–H and O–H groups in total. The molecule has 1 atom stereocenters. The highest BCUT2D eigenvalue weighted by Gasteiger charge is 2.19. The van der Waals surface area contributed by atoms with Gasteiger partial charge in [0.05, 0.1) is 0 Å². The normalized spacial score (nSPS) is 11.9. The molecule has 0 fully saturated rings. The maximum atomic E-state index is 13.9. The number of halogens is 2. The largest absolute Gasteiger partial charge is 0.374 e. The second-order valence-corrected chi connectivity index (χ2v) is 6.22. The Kier molecular flexibility index (Phi) is 6.21. The minimum atomic E-state index is -0.423. The first-order valence-electron chi connectivity index (χ1n) is 7.95. The Hall–Kier alpha value is -2.07. The molecule has 0 saturated heterocycles. The van der Waals surface area contributed by atoms with E-state index in [4.69, 9.17) is 11.6 Å². The summed E-state index contributed by atoms with van der Waals surface area (Å²) in [5.41, 5.74) is 2.42. The van der Waals surface area contributed by atoms with Crippen molar-refractivity contribution >= 4 is 23.2 Å². The fraction of sp³-hybridized carbons (Fsp3) is 0.316. The molecule has 2 aromatic rings. The van der Waals surface area contributed by atoms with Crippen LogP contribution in [0.3, 0.4) is 0 Å². The number of nitrogens with zero attached hydrogens (tertiary/aromatic N) is 1. The molecule has 5 heteroatoms. The van der Waals surface area contributed by atoms with Crippen molar-refractivity contribution in [2.24, 2.45) is 0 Å². The summed E-state index contributed by atoms with van der Waals surface area (Å²) in [6, 6.07) is 12.0. The van der Waals surface area contributed by atoms with Crippen LogP contribution in [0.25, 0.3) is 0 Å². The van der Waals surface area contributed by atoms with Crippen molar-refractivity contribution < 1.29 is 9.18 Å². The zero-order chi connectivity index (χ0) is 17.7. The number of hydrogen-bond donors (Lipinski definition) is 1. The molecule has 0 aliphatic heterocycles. The van der Waals surface area contributed by atoms with Gasteiger partial charge in [-0.2, -0.15) is 0 Å². The molecule has 2 aromatic carbocycles. The Bertz CT molecular complexity index is 700. The summed E-state index contributed by atoms with van der Waals surface area (Å²) in [7, 11) is 1.64. The number of nitrogens with one attached hydrogen (secondary N) is 1. The number of anilines is 1. The lowest BCUT2D eigenvalue weighted by molar-refractivity contribution is -0.130. The molecule has 0 bridgehead atoms. The molecule has 0 aromatic heterocycles.